The number of rotatable bonds is 6. The van der Waals surface area contributed by atoms with E-state index in [0.29, 0.717) is 5.92 Å². The van der Waals surface area contributed by atoms with Crippen LogP contribution in [0.3, 0.4) is 0 Å². The Labute approximate surface area is 105 Å². The van der Waals surface area contributed by atoms with E-state index in [-0.39, 0.29) is 0 Å². The number of hydrogen-bond donors (Lipinski definition) is 1. The topological polar surface area (TPSA) is 21.3 Å². The first-order valence-electron chi connectivity index (χ1n) is 6.46. The smallest absolute Gasteiger partial charge is 0.122 e. The van der Waals surface area contributed by atoms with Crippen LogP contribution in [0.2, 0.25) is 0 Å². The maximum absolute atomic E-state index is 5.35. The van der Waals surface area contributed by atoms with Gasteiger partial charge in [-0.3, -0.25) is 0 Å². The molecule has 0 aliphatic heterocycles. The maximum Gasteiger partial charge on any atom is 0.122 e. The minimum absolute atomic E-state index is 0.596. The maximum atomic E-state index is 5.35. The van der Waals surface area contributed by atoms with Crippen molar-refractivity contribution in [3.05, 3.63) is 28.8 Å². The molecule has 0 saturated carbocycles. The van der Waals surface area contributed by atoms with Gasteiger partial charge in [0, 0.05) is 0 Å². The summed E-state index contributed by atoms with van der Waals surface area (Å²) in [5.41, 5.74) is 4.00. The summed E-state index contributed by atoms with van der Waals surface area (Å²) in [6.07, 6.45) is 1.18. The Kier molecular flexibility index (Phi) is 5.49. The molecule has 17 heavy (non-hydrogen) atoms. The molecule has 1 aromatic rings. The van der Waals surface area contributed by atoms with Crippen molar-refractivity contribution < 1.29 is 4.74 Å². The first-order chi connectivity index (χ1) is 8.10. The van der Waals surface area contributed by atoms with Crippen molar-refractivity contribution in [3.8, 4) is 5.75 Å². The highest BCUT2D eigenvalue weighted by atomic mass is 16.5. The molecule has 0 saturated heterocycles. The highest BCUT2D eigenvalue weighted by Crippen LogP contribution is 2.28. The van der Waals surface area contributed by atoms with Crippen molar-refractivity contribution in [2.24, 2.45) is 0 Å². The summed E-state index contributed by atoms with van der Waals surface area (Å²) in [5.74, 6) is 1.59. The van der Waals surface area contributed by atoms with Crippen molar-refractivity contribution in [1.29, 1.82) is 0 Å². The van der Waals surface area contributed by atoms with Crippen LogP contribution in [0, 0.1) is 13.8 Å². The lowest BCUT2D eigenvalue weighted by Gasteiger charge is -2.17. The van der Waals surface area contributed by atoms with Crippen LogP contribution in [0.4, 0.5) is 0 Å². The molecule has 0 aromatic heterocycles. The standard InChI is InChI=1S/C15H25NO/c1-6-16-8-7-11(2)14-9-13(4)15(17-5)10-12(14)3/h9-11,16H,6-8H2,1-5H3. The molecule has 1 unspecified atom stereocenters. The summed E-state index contributed by atoms with van der Waals surface area (Å²) in [6.45, 7) is 10.9. The Morgan fingerprint density at radius 2 is 1.94 bits per heavy atom. The molecule has 1 N–H and O–H groups in total. The van der Waals surface area contributed by atoms with Gasteiger partial charge in [0.25, 0.3) is 0 Å². The Balaban J connectivity index is 2.79. The molecule has 96 valence electrons. The van der Waals surface area contributed by atoms with Crippen LogP contribution in [0.1, 0.15) is 42.9 Å². The van der Waals surface area contributed by atoms with Crippen molar-refractivity contribution >= 4 is 0 Å². The van der Waals surface area contributed by atoms with Crippen molar-refractivity contribution in [2.45, 2.75) is 40.0 Å². The molecule has 0 spiro atoms. The quantitative estimate of drug-likeness (QED) is 0.763. The van der Waals surface area contributed by atoms with Crippen molar-refractivity contribution in [2.75, 3.05) is 20.2 Å². The highest BCUT2D eigenvalue weighted by molar-refractivity contribution is 5.42. The molecular formula is C15H25NO. The summed E-state index contributed by atoms with van der Waals surface area (Å²) in [4.78, 5) is 0. The number of nitrogens with one attached hydrogen (secondary N) is 1. The van der Waals surface area contributed by atoms with Crippen LogP contribution < -0.4 is 10.1 Å². The van der Waals surface area contributed by atoms with Crippen LogP contribution in [0.15, 0.2) is 12.1 Å². The fraction of sp³-hybridized carbons (Fsp3) is 0.600. The monoisotopic (exact) mass is 235 g/mol. The third-order valence-electron chi connectivity index (χ3n) is 3.32. The van der Waals surface area contributed by atoms with Crippen molar-refractivity contribution in [1.82, 2.24) is 5.32 Å². The molecule has 2 heteroatoms. The SMILES string of the molecule is CCNCCC(C)c1cc(C)c(OC)cc1C. The Morgan fingerprint density at radius 3 is 2.53 bits per heavy atom. The Morgan fingerprint density at radius 1 is 1.24 bits per heavy atom. The van der Waals surface area contributed by atoms with E-state index in [1.165, 1.54) is 23.1 Å². The third-order valence-corrected chi connectivity index (χ3v) is 3.32. The summed E-state index contributed by atoms with van der Waals surface area (Å²) in [5, 5.41) is 3.38. The van der Waals surface area contributed by atoms with Gasteiger partial charge >= 0.3 is 0 Å². The molecule has 2 nitrogen and oxygen atoms in total. The normalized spacial score (nSPS) is 12.5. The molecule has 0 fully saturated rings. The van der Waals surface area contributed by atoms with E-state index in [0.717, 1.165) is 18.8 Å². The molecule has 1 rings (SSSR count). The second kappa shape index (κ2) is 6.65. The lowest BCUT2D eigenvalue weighted by Crippen LogP contribution is -2.16. The van der Waals surface area contributed by atoms with Gasteiger partial charge in [-0.1, -0.05) is 19.9 Å². The van der Waals surface area contributed by atoms with E-state index in [1.807, 2.05) is 0 Å². The van der Waals surface area contributed by atoms with Gasteiger partial charge in [0.1, 0.15) is 5.75 Å². The van der Waals surface area contributed by atoms with Gasteiger partial charge in [0.05, 0.1) is 7.11 Å². The lowest BCUT2D eigenvalue weighted by atomic mass is 9.92. The second-order valence-corrected chi connectivity index (χ2v) is 4.72. The average molecular weight is 235 g/mol. The first kappa shape index (κ1) is 14.0. The summed E-state index contributed by atoms with van der Waals surface area (Å²) in [6, 6.07) is 4.42. The molecule has 1 aromatic carbocycles. The third kappa shape index (κ3) is 3.74. The highest BCUT2D eigenvalue weighted by Gasteiger charge is 2.11. The number of hydrogen-bond acceptors (Lipinski definition) is 2. The predicted molar refractivity (Wildman–Crippen MR) is 74.0 cm³/mol. The lowest BCUT2D eigenvalue weighted by molar-refractivity contribution is 0.411. The predicted octanol–water partition coefficient (Wildman–Crippen LogP) is 3.42. The minimum atomic E-state index is 0.596. The van der Waals surface area contributed by atoms with Gasteiger partial charge in [-0.15, -0.1) is 0 Å². The number of ether oxygens (including phenoxy) is 1. The molecular weight excluding hydrogens is 210 g/mol. The van der Waals surface area contributed by atoms with E-state index < -0.39 is 0 Å². The molecule has 0 aliphatic rings. The summed E-state index contributed by atoms with van der Waals surface area (Å²) < 4.78 is 5.35. The van der Waals surface area contributed by atoms with Crippen LogP contribution >= 0.6 is 0 Å². The Hall–Kier alpha value is -1.02. The number of methoxy groups -OCH3 is 1. The van der Waals surface area contributed by atoms with Gasteiger partial charge in [-0.05, 0) is 62.0 Å². The molecule has 0 aliphatic carbocycles. The van der Waals surface area contributed by atoms with Crippen LogP contribution in [-0.4, -0.2) is 20.2 Å². The molecule has 0 bridgehead atoms. The minimum Gasteiger partial charge on any atom is -0.496 e. The first-order valence-corrected chi connectivity index (χ1v) is 6.46. The fourth-order valence-corrected chi connectivity index (χ4v) is 2.21. The molecule has 0 radical (unpaired) electrons. The fourth-order valence-electron chi connectivity index (χ4n) is 2.21. The van der Waals surface area contributed by atoms with Crippen LogP contribution in [0.5, 0.6) is 5.75 Å². The van der Waals surface area contributed by atoms with E-state index in [1.54, 1.807) is 7.11 Å². The molecule has 0 amide bonds. The van der Waals surface area contributed by atoms with Gasteiger partial charge in [0.15, 0.2) is 0 Å². The van der Waals surface area contributed by atoms with E-state index in [2.05, 4.69) is 45.1 Å². The molecule has 0 heterocycles. The average Bonchev–Trinajstić information content (AvgIpc) is 2.31. The van der Waals surface area contributed by atoms with Gasteiger partial charge in [-0.25, -0.2) is 0 Å². The largest absolute Gasteiger partial charge is 0.496 e. The van der Waals surface area contributed by atoms with E-state index in [9.17, 15) is 0 Å². The van der Waals surface area contributed by atoms with Gasteiger partial charge in [0.2, 0.25) is 0 Å². The second-order valence-electron chi connectivity index (χ2n) is 4.72. The summed E-state index contributed by atoms with van der Waals surface area (Å²) >= 11 is 0. The zero-order chi connectivity index (χ0) is 12.8. The van der Waals surface area contributed by atoms with Crippen LogP contribution in [0.25, 0.3) is 0 Å². The Bertz CT molecular complexity index is 360. The van der Waals surface area contributed by atoms with Gasteiger partial charge in [-0.2, -0.15) is 0 Å². The number of aryl methyl sites for hydroxylation is 2. The summed E-state index contributed by atoms with van der Waals surface area (Å²) in [7, 11) is 1.73. The van der Waals surface area contributed by atoms with Crippen molar-refractivity contribution in [3.63, 3.8) is 0 Å². The van der Waals surface area contributed by atoms with Crippen LogP contribution in [-0.2, 0) is 0 Å². The van der Waals surface area contributed by atoms with E-state index in [4.69, 9.17) is 4.74 Å². The number of benzene rings is 1. The zero-order valence-corrected chi connectivity index (χ0v) is 11.8. The van der Waals surface area contributed by atoms with E-state index >= 15 is 0 Å². The molecule has 1 atom stereocenters. The zero-order valence-electron chi connectivity index (χ0n) is 11.8. The van der Waals surface area contributed by atoms with Gasteiger partial charge < -0.3 is 10.1 Å².